The molecule has 2 rings (SSSR count). The lowest BCUT2D eigenvalue weighted by atomic mass is 10.1. The number of piperazine rings is 1. The van der Waals surface area contributed by atoms with E-state index in [1.807, 2.05) is 6.92 Å². The molecule has 0 radical (unpaired) electrons. The fourth-order valence-corrected chi connectivity index (χ4v) is 2.53. The SMILES string of the molecule is CCC(N)C(=O)N1CCN(C(=O)C2CCCO2)CC1. The number of nitrogens with two attached hydrogens (primary N) is 1. The molecule has 2 aliphatic heterocycles. The smallest absolute Gasteiger partial charge is 0.251 e. The highest BCUT2D eigenvalue weighted by Gasteiger charge is 2.31. The zero-order chi connectivity index (χ0) is 13.8. The van der Waals surface area contributed by atoms with E-state index in [4.69, 9.17) is 10.5 Å². The van der Waals surface area contributed by atoms with Crippen molar-refractivity contribution in [3.8, 4) is 0 Å². The van der Waals surface area contributed by atoms with Crippen molar-refractivity contribution in [1.82, 2.24) is 9.80 Å². The number of hydrogen-bond donors (Lipinski definition) is 1. The second-order valence-electron chi connectivity index (χ2n) is 5.17. The highest BCUT2D eigenvalue weighted by molar-refractivity contribution is 5.83. The minimum atomic E-state index is -0.416. The Morgan fingerprint density at radius 1 is 1.26 bits per heavy atom. The van der Waals surface area contributed by atoms with Gasteiger partial charge in [0.2, 0.25) is 5.91 Å². The number of carbonyl (C=O) groups is 2. The van der Waals surface area contributed by atoms with Gasteiger partial charge in [0, 0.05) is 32.8 Å². The highest BCUT2D eigenvalue weighted by atomic mass is 16.5. The van der Waals surface area contributed by atoms with Gasteiger partial charge in [-0.3, -0.25) is 9.59 Å². The zero-order valence-corrected chi connectivity index (χ0v) is 11.5. The second-order valence-corrected chi connectivity index (χ2v) is 5.17. The zero-order valence-electron chi connectivity index (χ0n) is 11.5. The standard InChI is InChI=1S/C13H23N3O3/c1-2-10(14)12(17)15-5-7-16(8-6-15)13(18)11-4-3-9-19-11/h10-11H,2-9,14H2,1H3. The molecule has 2 aliphatic rings. The lowest BCUT2D eigenvalue weighted by Gasteiger charge is -2.36. The van der Waals surface area contributed by atoms with Crippen molar-refractivity contribution in [3.05, 3.63) is 0 Å². The molecule has 2 atom stereocenters. The van der Waals surface area contributed by atoms with Gasteiger partial charge in [-0.2, -0.15) is 0 Å². The van der Waals surface area contributed by atoms with Gasteiger partial charge in [-0.25, -0.2) is 0 Å². The van der Waals surface area contributed by atoms with Crippen LogP contribution >= 0.6 is 0 Å². The van der Waals surface area contributed by atoms with E-state index in [0.29, 0.717) is 39.2 Å². The Morgan fingerprint density at radius 2 is 1.89 bits per heavy atom. The summed E-state index contributed by atoms with van der Waals surface area (Å²) >= 11 is 0. The number of hydrogen-bond acceptors (Lipinski definition) is 4. The summed E-state index contributed by atoms with van der Waals surface area (Å²) in [7, 11) is 0. The van der Waals surface area contributed by atoms with Crippen LogP contribution in [-0.4, -0.2) is 66.5 Å². The summed E-state index contributed by atoms with van der Waals surface area (Å²) < 4.78 is 5.41. The molecule has 108 valence electrons. The van der Waals surface area contributed by atoms with Crippen LogP contribution in [0.2, 0.25) is 0 Å². The molecule has 0 saturated carbocycles. The molecule has 19 heavy (non-hydrogen) atoms. The van der Waals surface area contributed by atoms with Crippen LogP contribution in [0.5, 0.6) is 0 Å². The van der Waals surface area contributed by atoms with Crippen LogP contribution in [0.4, 0.5) is 0 Å². The molecule has 2 fully saturated rings. The van der Waals surface area contributed by atoms with Crippen molar-refractivity contribution >= 4 is 11.8 Å². The van der Waals surface area contributed by atoms with Crippen molar-refractivity contribution in [2.75, 3.05) is 32.8 Å². The van der Waals surface area contributed by atoms with Crippen molar-refractivity contribution in [1.29, 1.82) is 0 Å². The Labute approximate surface area is 113 Å². The topological polar surface area (TPSA) is 75.9 Å². The summed E-state index contributed by atoms with van der Waals surface area (Å²) in [6.45, 7) is 4.90. The molecule has 0 aromatic heterocycles. The quantitative estimate of drug-likeness (QED) is 0.754. The maximum Gasteiger partial charge on any atom is 0.251 e. The molecule has 6 nitrogen and oxygen atoms in total. The monoisotopic (exact) mass is 269 g/mol. The number of nitrogens with zero attached hydrogens (tertiary/aromatic N) is 2. The van der Waals surface area contributed by atoms with Gasteiger partial charge in [0.25, 0.3) is 5.91 Å². The molecule has 0 spiro atoms. The van der Waals surface area contributed by atoms with Gasteiger partial charge in [-0.15, -0.1) is 0 Å². The van der Waals surface area contributed by atoms with E-state index in [0.717, 1.165) is 12.8 Å². The Kier molecular flexibility index (Phi) is 4.76. The summed E-state index contributed by atoms with van der Waals surface area (Å²) in [5.74, 6) is 0.0658. The van der Waals surface area contributed by atoms with Crippen molar-refractivity contribution in [3.63, 3.8) is 0 Å². The molecular formula is C13H23N3O3. The summed E-state index contributed by atoms with van der Waals surface area (Å²) in [4.78, 5) is 27.6. The number of amides is 2. The van der Waals surface area contributed by atoms with E-state index in [2.05, 4.69) is 0 Å². The van der Waals surface area contributed by atoms with Crippen LogP contribution in [0.1, 0.15) is 26.2 Å². The summed E-state index contributed by atoms with van der Waals surface area (Å²) in [5.41, 5.74) is 5.75. The fourth-order valence-electron chi connectivity index (χ4n) is 2.53. The third kappa shape index (κ3) is 3.25. The van der Waals surface area contributed by atoms with E-state index < -0.39 is 6.04 Å². The van der Waals surface area contributed by atoms with Gasteiger partial charge in [-0.1, -0.05) is 6.92 Å². The average molecular weight is 269 g/mol. The minimum Gasteiger partial charge on any atom is -0.368 e. The highest BCUT2D eigenvalue weighted by Crippen LogP contribution is 2.16. The Bertz CT molecular complexity index is 334. The van der Waals surface area contributed by atoms with Gasteiger partial charge >= 0.3 is 0 Å². The van der Waals surface area contributed by atoms with E-state index in [1.54, 1.807) is 9.80 Å². The molecule has 2 N–H and O–H groups in total. The summed E-state index contributed by atoms with van der Waals surface area (Å²) in [5, 5.41) is 0. The van der Waals surface area contributed by atoms with Crippen molar-refractivity contribution in [2.24, 2.45) is 5.73 Å². The number of rotatable bonds is 3. The Balaban J connectivity index is 1.81. The first kappa shape index (κ1) is 14.3. The van der Waals surface area contributed by atoms with Gasteiger partial charge in [0.05, 0.1) is 6.04 Å². The van der Waals surface area contributed by atoms with Crippen molar-refractivity contribution in [2.45, 2.75) is 38.3 Å². The van der Waals surface area contributed by atoms with Crippen molar-refractivity contribution < 1.29 is 14.3 Å². The Morgan fingerprint density at radius 3 is 2.42 bits per heavy atom. The maximum atomic E-state index is 12.1. The molecule has 0 bridgehead atoms. The van der Waals surface area contributed by atoms with Crippen LogP contribution in [-0.2, 0) is 14.3 Å². The van der Waals surface area contributed by atoms with Crippen LogP contribution < -0.4 is 5.73 Å². The first-order valence-corrected chi connectivity index (χ1v) is 7.08. The Hall–Kier alpha value is -1.14. The largest absolute Gasteiger partial charge is 0.368 e. The van der Waals surface area contributed by atoms with Gasteiger partial charge in [0.15, 0.2) is 0 Å². The molecule has 0 aromatic carbocycles. The van der Waals surface area contributed by atoms with Crippen LogP contribution in [0.15, 0.2) is 0 Å². The first-order valence-electron chi connectivity index (χ1n) is 7.08. The van der Waals surface area contributed by atoms with E-state index in [-0.39, 0.29) is 17.9 Å². The third-order valence-corrected chi connectivity index (χ3v) is 3.87. The van der Waals surface area contributed by atoms with E-state index in [1.165, 1.54) is 0 Å². The van der Waals surface area contributed by atoms with E-state index >= 15 is 0 Å². The molecular weight excluding hydrogens is 246 g/mol. The molecule has 6 heteroatoms. The van der Waals surface area contributed by atoms with Crippen LogP contribution in [0.25, 0.3) is 0 Å². The van der Waals surface area contributed by atoms with Crippen LogP contribution in [0, 0.1) is 0 Å². The minimum absolute atomic E-state index is 0.00767. The molecule has 2 heterocycles. The van der Waals surface area contributed by atoms with Gasteiger partial charge in [-0.05, 0) is 19.3 Å². The number of carbonyl (C=O) groups excluding carboxylic acids is 2. The lowest BCUT2D eigenvalue weighted by Crippen LogP contribution is -2.55. The summed E-state index contributed by atoms with van der Waals surface area (Å²) in [6.07, 6.45) is 2.16. The predicted octanol–water partition coefficient (Wildman–Crippen LogP) is -0.426. The molecule has 2 unspecified atom stereocenters. The third-order valence-electron chi connectivity index (χ3n) is 3.87. The van der Waals surface area contributed by atoms with Crippen LogP contribution in [0.3, 0.4) is 0 Å². The molecule has 0 aliphatic carbocycles. The second kappa shape index (κ2) is 6.34. The van der Waals surface area contributed by atoms with E-state index in [9.17, 15) is 9.59 Å². The first-order chi connectivity index (χ1) is 9.13. The fraction of sp³-hybridized carbons (Fsp3) is 0.846. The normalized spacial score (nSPS) is 25.5. The average Bonchev–Trinajstić information content (AvgIpc) is 2.99. The molecule has 2 amide bonds. The maximum absolute atomic E-state index is 12.1. The number of ether oxygens (including phenoxy) is 1. The predicted molar refractivity (Wildman–Crippen MR) is 70.4 cm³/mol. The lowest BCUT2D eigenvalue weighted by molar-refractivity contribution is -0.146. The molecule has 0 aromatic rings. The molecule has 2 saturated heterocycles. The van der Waals surface area contributed by atoms with Gasteiger partial charge in [0.1, 0.15) is 6.10 Å². The van der Waals surface area contributed by atoms with Gasteiger partial charge < -0.3 is 20.3 Å². The summed E-state index contributed by atoms with van der Waals surface area (Å²) in [6, 6.07) is -0.416.